The monoisotopic (exact) mass is 320 g/mol. The summed E-state index contributed by atoms with van der Waals surface area (Å²) in [6, 6.07) is 5.69. The summed E-state index contributed by atoms with van der Waals surface area (Å²) < 4.78 is 16.8. The molecule has 0 atom stereocenters. The molecule has 0 aliphatic carbocycles. The number of benzene rings is 1. The zero-order valence-corrected chi connectivity index (χ0v) is 12.3. The molecule has 19 heavy (non-hydrogen) atoms. The van der Waals surface area contributed by atoms with Gasteiger partial charge < -0.3 is 0 Å². The second kappa shape index (κ2) is 4.41. The van der Waals surface area contributed by atoms with Gasteiger partial charge in [-0.3, -0.25) is 0 Å². The Bertz CT molecular complexity index is 670. The van der Waals surface area contributed by atoms with Gasteiger partial charge in [0.1, 0.15) is 0 Å². The molecule has 1 aliphatic rings. The third-order valence-corrected chi connectivity index (χ3v) is 5.09. The van der Waals surface area contributed by atoms with Crippen molar-refractivity contribution in [1.82, 2.24) is 9.19 Å². The van der Waals surface area contributed by atoms with Crippen molar-refractivity contribution in [2.75, 3.05) is 6.61 Å². The Hall–Kier alpha value is -1.76. The summed E-state index contributed by atoms with van der Waals surface area (Å²) in [4.78, 5) is 0. The predicted octanol–water partition coefficient (Wildman–Crippen LogP) is 1.84. The Labute approximate surface area is 117 Å². The summed E-state index contributed by atoms with van der Waals surface area (Å²) in [5.74, 6) is 3.92. The summed E-state index contributed by atoms with van der Waals surface area (Å²) in [6.45, 7) is 4.33. The molecule has 0 spiro atoms. The Kier molecular flexibility index (Phi) is 2.85. The molecule has 1 aromatic heterocycles. The molecular weight excluding hydrogens is 307 g/mol. The molecule has 0 radical (unpaired) electrons. The quantitative estimate of drug-likeness (QED) is 0.626. The van der Waals surface area contributed by atoms with Crippen molar-refractivity contribution in [3.63, 3.8) is 0 Å². The van der Waals surface area contributed by atoms with Gasteiger partial charge in [-0.25, -0.2) is 0 Å². The van der Waals surface area contributed by atoms with Crippen LogP contribution >= 0.6 is 0 Å². The minimum atomic E-state index is -0.365. The van der Waals surface area contributed by atoms with Crippen molar-refractivity contribution in [1.29, 1.82) is 0 Å². The van der Waals surface area contributed by atoms with Crippen LogP contribution in [0.3, 0.4) is 0 Å². The van der Waals surface area contributed by atoms with Crippen LogP contribution < -0.4 is 9.47 Å². The van der Waals surface area contributed by atoms with Gasteiger partial charge in [0.2, 0.25) is 0 Å². The standard InChI is InChI=1S/C14H12N2O2Se/c1-4-7-17-9-5-6-10-11(8-9)18-14(2,3)13-12(10)15-16-19-13/h1,5-6,8H,7H2,2-3H3. The van der Waals surface area contributed by atoms with E-state index in [1.54, 1.807) is 0 Å². The maximum absolute atomic E-state index is 6.06. The first-order chi connectivity index (χ1) is 9.12. The van der Waals surface area contributed by atoms with E-state index in [1.165, 1.54) is 4.44 Å². The van der Waals surface area contributed by atoms with E-state index in [1.807, 2.05) is 32.0 Å². The summed E-state index contributed by atoms with van der Waals surface area (Å²) >= 11 is 0.0369. The van der Waals surface area contributed by atoms with Crippen LogP contribution in [0.25, 0.3) is 11.3 Å². The Morgan fingerprint density at radius 3 is 3.11 bits per heavy atom. The predicted molar refractivity (Wildman–Crippen MR) is 72.4 cm³/mol. The van der Waals surface area contributed by atoms with E-state index in [0.29, 0.717) is 5.75 Å². The molecule has 0 N–H and O–H groups in total. The van der Waals surface area contributed by atoms with E-state index in [4.69, 9.17) is 15.9 Å². The van der Waals surface area contributed by atoms with Gasteiger partial charge in [0.15, 0.2) is 0 Å². The summed E-state index contributed by atoms with van der Waals surface area (Å²) in [6.07, 6.45) is 5.19. The van der Waals surface area contributed by atoms with Gasteiger partial charge in [-0.05, 0) is 0 Å². The van der Waals surface area contributed by atoms with E-state index in [-0.39, 0.29) is 26.9 Å². The molecular formula is C14H12N2O2Se. The van der Waals surface area contributed by atoms with Crippen LogP contribution in [-0.2, 0) is 5.60 Å². The normalized spacial score (nSPS) is 14.8. The van der Waals surface area contributed by atoms with E-state index in [2.05, 4.69) is 15.1 Å². The van der Waals surface area contributed by atoms with Crippen molar-refractivity contribution in [3.05, 3.63) is 22.6 Å². The van der Waals surface area contributed by atoms with E-state index >= 15 is 0 Å². The fourth-order valence-electron chi connectivity index (χ4n) is 2.08. The molecule has 3 rings (SSSR count). The molecule has 0 unspecified atom stereocenters. The average molecular weight is 319 g/mol. The first kappa shape index (κ1) is 12.3. The van der Waals surface area contributed by atoms with Crippen LogP contribution in [0.2, 0.25) is 0 Å². The molecule has 0 fully saturated rings. The maximum atomic E-state index is 6.06. The van der Waals surface area contributed by atoms with Crippen molar-refractivity contribution in [3.8, 4) is 35.1 Å². The third-order valence-electron chi connectivity index (χ3n) is 2.93. The second-order valence-corrected chi connectivity index (χ2v) is 6.30. The number of terminal acetylenes is 1. The van der Waals surface area contributed by atoms with Gasteiger partial charge in [0.05, 0.1) is 0 Å². The van der Waals surface area contributed by atoms with Crippen LogP contribution in [0.5, 0.6) is 11.5 Å². The zero-order chi connectivity index (χ0) is 13.5. The fourth-order valence-corrected chi connectivity index (χ4v) is 3.56. The zero-order valence-electron chi connectivity index (χ0n) is 10.6. The van der Waals surface area contributed by atoms with E-state index < -0.39 is 0 Å². The van der Waals surface area contributed by atoms with Gasteiger partial charge >= 0.3 is 117 Å². The van der Waals surface area contributed by atoms with Crippen molar-refractivity contribution >= 4 is 14.7 Å². The van der Waals surface area contributed by atoms with Gasteiger partial charge in [0.25, 0.3) is 0 Å². The number of ether oxygens (including phenoxy) is 2. The minimum absolute atomic E-state index is 0.0369. The molecule has 4 nitrogen and oxygen atoms in total. The van der Waals surface area contributed by atoms with Crippen LogP contribution in [0, 0.1) is 12.3 Å². The number of hydrogen-bond acceptors (Lipinski definition) is 4. The molecule has 5 heteroatoms. The molecule has 0 saturated heterocycles. The molecule has 1 aromatic carbocycles. The van der Waals surface area contributed by atoms with Crippen LogP contribution in [0.4, 0.5) is 0 Å². The van der Waals surface area contributed by atoms with Crippen molar-refractivity contribution in [2.45, 2.75) is 19.4 Å². The Morgan fingerprint density at radius 1 is 1.47 bits per heavy atom. The van der Waals surface area contributed by atoms with E-state index in [9.17, 15) is 0 Å². The fraction of sp³-hybridized carbons (Fsp3) is 0.286. The molecule has 2 aromatic rings. The van der Waals surface area contributed by atoms with E-state index in [0.717, 1.165) is 17.0 Å². The Morgan fingerprint density at radius 2 is 2.32 bits per heavy atom. The number of fused-ring (bicyclic) bond motifs is 3. The second-order valence-electron chi connectivity index (χ2n) is 4.71. The third kappa shape index (κ3) is 2.03. The molecule has 0 saturated carbocycles. The van der Waals surface area contributed by atoms with Crippen LogP contribution in [-0.4, -0.2) is 30.5 Å². The number of rotatable bonds is 2. The topological polar surface area (TPSA) is 44.2 Å². The summed E-state index contributed by atoms with van der Waals surface area (Å²) in [5.41, 5.74) is 1.57. The van der Waals surface area contributed by atoms with Crippen LogP contribution in [0.15, 0.2) is 18.2 Å². The Balaban J connectivity index is 2.07. The first-order valence-corrected chi connectivity index (χ1v) is 7.46. The average Bonchev–Trinajstić information content (AvgIpc) is 2.86. The van der Waals surface area contributed by atoms with Gasteiger partial charge in [-0.1, -0.05) is 0 Å². The van der Waals surface area contributed by atoms with Crippen molar-refractivity contribution in [2.24, 2.45) is 0 Å². The van der Waals surface area contributed by atoms with Gasteiger partial charge in [0, 0.05) is 0 Å². The SMILES string of the molecule is C#CCOc1ccc2c(c1)OC(C)(C)c1[se]nnc1-2. The van der Waals surface area contributed by atoms with Crippen molar-refractivity contribution < 1.29 is 9.47 Å². The molecule has 1 aliphatic heterocycles. The van der Waals surface area contributed by atoms with Crippen LogP contribution in [0.1, 0.15) is 18.3 Å². The summed E-state index contributed by atoms with van der Waals surface area (Å²) in [5, 5.41) is 4.27. The number of nitrogens with zero attached hydrogens (tertiary/aromatic N) is 2. The summed E-state index contributed by atoms with van der Waals surface area (Å²) in [7, 11) is 0. The first-order valence-electron chi connectivity index (χ1n) is 5.84. The molecule has 0 amide bonds. The molecule has 96 valence electrons. The number of hydrogen-bond donors (Lipinski definition) is 0. The number of aromatic nitrogens is 2. The van der Waals surface area contributed by atoms with Gasteiger partial charge in [-0.15, -0.1) is 0 Å². The molecule has 0 bridgehead atoms. The molecule has 2 heterocycles. The van der Waals surface area contributed by atoms with Gasteiger partial charge in [-0.2, -0.15) is 0 Å².